The molecule has 6 heteroatoms. The summed E-state index contributed by atoms with van der Waals surface area (Å²) < 4.78 is 5.06. The summed E-state index contributed by atoms with van der Waals surface area (Å²) in [6.45, 7) is 0.440. The van der Waals surface area contributed by atoms with Crippen LogP contribution in [-0.4, -0.2) is 17.1 Å². The molecule has 20 heavy (non-hydrogen) atoms. The molecule has 0 aliphatic rings. The Morgan fingerprint density at radius 1 is 1.25 bits per heavy atom. The quantitative estimate of drug-likeness (QED) is 0.497. The highest BCUT2D eigenvalue weighted by Crippen LogP contribution is 2.28. The van der Waals surface area contributed by atoms with Gasteiger partial charge in [0.25, 0.3) is 5.69 Å². The van der Waals surface area contributed by atoms with Crippen LogP contribution >= 0.6 is 0 Å². The van der Waals surface area contributed by atoms with Gasteiger partial charge in [0, 0.05) is 6.54 Å². The van der Waals surface area contributed by atoms with Crippen LogP contribution in [0.25, 0.3) is 0 Å². The van der Waals surface area contributed by atoms with Crippen LogP contribution in [0.15, 0.2) is 42.5 Å². The van der Waals surface area contributed by atoms with Crippen LogP contribution in [0.2, 0.25) is 0 Å². The lowest BCUT2D eigenvalue weighted by atomic mass is 10.2. The predicted octanol–water partition coefficient (Wildman–Crippen LogP) is 2.92. The van der Waals surface area contributed by atoms with Gasteiger partial charge in [0.15, 0.2) is 0 Å². The van der Waals surface area contributed by atoms with Gasteiger partial charge in [-0.2, -0.15) is 0 Å². The maximum absolute atomic E-state index is 10.9. The normalized spacial score (nSPS) is 10.1. The molecule has 0 saturated heterocycles. The number of phenols is 1. The van der Waals surface area contributed by atoms with Crippen molar-refractivity contribution in [3.63, 3.8) is 0 Å². The van der Waals surface area contributed by atoms with Gasteiger partial charge in [0.05, 0.1) is 18.1 Å². The fourth-order valence-corrected chi connectivity index (χ4v) is 1.76. The van der Waals surface area contributed by atoms with E-state index in [1.165, 1.54) is 12.1 Å². The zero-order valence-corrected chi connectivity index (χ0v) is 10.9. The van der Waals surface area contributed by atoms with Gasteiger partial charge in [-0.3, -0.25) is 10.1 Å². The summed E-state index contributed by atoms with van der Waals surface area (Å²) in [6.07, 6.45) is 0. The van der Waals surface area contributed by atoms with Gasteiger partial charge >= 0.3 is 0 Å². The number of nitro groups is 1. The molecule has 0 aliphatic heterocycles. The Hall–Kier alpha value is -2.76. The van der Waals surface area contributed by atoms with E-state index in [4.69, 9.17) is 4.74 Å². The highest BCUT2D eigenvalue weighted by Gasteiger charge is 2.14. The maximum Gasteiger partial charge on any atom is 0.296 e. The SMILES string of the molecule is COc1ccc(CNc2ccc(O)cc2[N+](=O)[O-])cc1. The van der Waals surface area contributed by atoms with Gasteiger partial charge in [-0.05, 0) is 29.8 Å². The second kappa shape index (κ2) is 5.92. The first-order chi connectivity index (χ1) is 9.60. The molecule has 0 amide bonds. The second-order valence-electron chi connectivity index (χ2n) is 4.16. The molecule has 2 aromatic rings. The molecule has 0 aromatic heterocycles. The Morgan fingerprint density at radius 2 is 1.95 bits per heavy atom. The van der Waals surface area contributed by atoms with Gasteiger partial charge in [0.2, 0.25) is 0 Å². The van der Waals surface area contributed by atoms with Crippen molar-refractivity contribution in [1.29, 1.82) is 0 Å². The van der Waals surface area contributed by atoms with E-state index in [0.29, 0.717) is 12.2 Å². The molecule has 0 heterocycles. The van der Waals surface area contributed by atoms with E-state index >= 15 is 0 Å². The Balaban J connectivity index is 2.12. The summed E-state index contributed by atoms with van der Waals surface area (Å²) in [6, 6.07) is 11.4. The highest BCUT2D eigenvalue weighted by atomic mass is 16.6. The minimum atomic E-state index is -0.532. The molecule has 0 aliphatic carbocycles. The van der Waals surface area contributed by atoms with Crippen LogP contribution in [0.1, 0.15) is 5.56 Å². The summed E-state index contributed by atoms with van der Waals surface area (Å²) >= 11 is 0. The minimum absolute atomic E-state index is 0.133. The summed E-state index contributed by atoms with van der Waals surface area (Å²) in [5.74, 6) is 0.621. The zero-order chi connectivity index (χ0) is 14.5. The van der Waals surface area contributed by atoms with Crippen LogP contribution < -0.4 is 10.1 Å². The number of benzene rings is 2. The Kier molecular flexibility index (Phi) is 4.05. The molecule has 2 aromatic carbocycles. The molecule has 0 saturated carbocycles. The number of aromatic hydroxyl groups is 1. The summed E-state index contributed by atoms with van der Waals surface area (Å²) in [5.41, 5.74) is 1.18. The van der Waals surface area contributed by atoms with E-state index in [1.54, 1.807) is 7.11 Å². The summed E-state index contributed by atoms with van der Waals surface area (Å²) in [5, 5.41) is 23.2. The van der Waals surface area contributed by atoms with Gasteiger partial charge in [-0.25, -0.2) is 0 Å². The number of phenolic OH excluding ortho intramolecular Hbond substituents is 1. The number of ether oxygens (including phenoxy) is 1. The van der Waals surface area contributed by atoms with Crippen LogP contribution in [-0.2, 0) is 6.54 Å². The molecular formula is C14H14N2O4. The maximum atomic E-state index is 10.9. The van der Waals surface area contributed by atoms with Crippen molar-refractivity contribution in [2.45, 2.75) is 6.54 Å². The number of nitrogens with zero attached hydrogens (tertiary/aromatic N) is 1. The third kappa shape index (κ3) is 3.17. The summed E-state index contributed by atoms with van der Waals surface area (Å²) in [4.78, 5) is 10.4. The van der Waals surface area contributed by atoms with Crippen LogP contribution in [0.3, 0.4) is 0 Å². The molecule has 0 bridgehead atoms. The molecule has 104 valence electrons. The second-order valence-corrected chi connectivity index (χ2v) is 4.16. The molecule has 2 N–H and O–H groups in total. The van der Waals surface area contributed by atoms with Crippen molar-refractivity contribution >= 4 is 11.4 Å². The fraction of sp³-hybridized carbons (Fsp3) is 0.143. The third-order valence-electron chi connectivity index (χ3n) is 2.82. The highest BCUT2D eigenvalue weighted by molar-refractivity contribution is 5.63. The van der Waals surface area contributed by atoms with Crippen LogP contribution in [0, 0.1) is 10.1 Å². The molecule has 0 unspecified atom stereocenters. The van der Waals surface area contributed by atoms with Crippen LogP contribution in [0.4, 0.5) is 11.4 Å². The Labute approximate surface area is 115 Å². The van der Waals surface area contributed by atoms with Gasteiger partial charge in [0.1, 0.15) is 17.2 Å². The first-order valence-electron chi connectivity index (χ1n) is 5.94. The number of nitrogens with one attached hydrogen (secondary N) is 1. The summed E-state index contributed by atoms with van der Waals surface area (Å²) in [7, 11) is 1.59. The first kappa shape index (κ1) is 13.7. The molecule has 0 atom stereocenters. The third-order valence-corrected chi connectivity index (χ3v) is 2.82. The lowest BCUT2D eigenvalue weighted by Crippen LogP contribution is -2.02. The number of hydrogen-bond donors (Lipinski definition) is 2. The topological polar surface area (TPSA) is 84.6 Å². The Morgan fingerprint density at radius 3 is 2.55 bits per heavy atom. The van der Waals surface area contributed by atoms with Gasteiger partial charge in [-0.1, -0.05) is 12.1 Å². The molecular weight excluding hydrogens is 260 g/mol. The van der Waals surface area contributed by atoms with E-state index in [2.05, 4.69) is 5.32 Å². The van der Waals surface area contributed by atoms with Crippen molar-refractivity contribution < 1.29 is 14.8 Å². The molecule has 0 spiro atoms. The monoisotopic (exact) mass is 274 g/mol. The standard InChI is InChI=1S/C14H14N2O4/c1-20-12-5-2-10(3-6-12)9-15-13-7-4-11(17)8-14(13)16(18)19/h2-8,15,17H,9H2,1H3. The molecule has 0 fully saturated rings. The van der Waals surface area contributed by atoms with Crippen molar-refractivity contribution in [2.75, 3.05) is 12.4 Å². The predicted molar refractivity (Wildman–Crippen MR) is 75.1 cm³/mol. The first-order valence-corrected chi connectivity index (χ1v) is 5.94. The van der Waals surface area contributed by atoms with Crippen molar-refractivity contribution in [2.24, 2.45) is 0 Å². The van der Waals surface area contributed by atoms with E-state index < -0.39 is 4.92 Å². The van der Waals surface area contributed by atoms with Crippen molar-refractivity contribution in [3.05, 3.63) is 58.1 Å². The lowest BCUT2D eigenvalue weighted by molar-refractivity contribution is -0.384. The number of rotatable bonds is 5. The lowest BCUT2D eigenvalue weighted by Gasteiger charge is -2.08. The van der Waals surface area contributed by atoms with E-state index in [9.17, 15) is 15.2 Å². The Bertz CT molecular complexity index is 611. The van der Waals surface area contributed by atoms with E-state index in [1.807, 2.05) is 24.3 Å². The number of methoxy groups -OCH3 is 1. The van der Waals surface area contributed by atoms with Gasteiger partial charge in [-0.15, -0.1) is 0 Å². The number of anilines is 1. The fourth-order valence-electron chi connectivity index (χ4n) is 1.76. The number of nitro benzene ring substituents is 1. The average Bonchev–Trinajstić information content (AvgIpc) is 2.46. The minimum Gasteiger partial charge on any atom is -0.508 e. The van der Waals surface area contributed by atoms with Crippen LogP contribution in [0.5, 0.6) is 11.5 Å². The van der Waals surface area contributed by atoms with E-state index in [0.717, 1.165) is 17.4 Å². The van der Waals surface area contributed by atoms with Gasteiger partial charge < -0.3 is 15.2 Å². The largest absolute Gasteiger partial charge is 0.508 e. The average molecular weight is 274 g/mol. The number of hydrogen-bond acceptors (Lipinski definition) is 5. The van der Waals surface area contributed by atoms with Crippen molar-refractivity contribution in [1.82, 2.24) is 0 Å². The smallest absolute Gasteiger partial charge is 0.296 e. The molecule has 2 rings (SSSR count). The zero-order valence-electron chi connectivity index (χ0n) is 10.9. The molecule has 0 radical (unpaired) electrons. The molecule has 6 nitrogen and oxygen atoms in total. The van der Waals surface area contributed by atoms with Crippen molar-refractivity contribution in [3.8, 4) is 11.5 Å². The van der Waals surface area contributed by atoms with E-state index in [-0.39, 0.29) is 11.4 Å².